The van der Waals surface area contributed by atoms with Gasteiger partial charge in [-0.15, -0.1) is 0 Å². The average Bonchev–Trinajstić information content (AvgIpc) is 3.06. The number of pyridine rings is 1. The van der Waals surface area contributed by atoms with Crippen molar-refractivity contribution in [2.75, 3.05) is 45.9 Å². The third-order valence-corrected chi connectivity index (χ3v) is 5.01. The molecule has 0 unspecified atom stereocenters. The molecule has 126 valence electrons. The number of rotatable bonds is 4. The monoisotopic (exact) mass is 344 g/mol. The second kappa shape index (κ2) is 6.97. The van der Waals surface area contributed by atoms with Gasteiger partial charge < -0.3 is 14.6 Å². The molecular formula is C18H21ClN4O. The number of ether oxygens (including phenoxy) is 1. The van der Waals surface area contributed by atoms with Crippen LogP contribution < -0.4 is 0 Å². The third kappa shape index (κ3) is 3.20. The zero-order valence-electron chi connectivity index (χ0n) is 13.5. The Morgan fingerprint density at radius 3 is 2.96 bits per heavy atom. The minimum absolute atomic E-state index is 0.805. The molecule has 0 saturated carbocycles. The van der Waals surface area contributed by atoms with Crippen molar-refractivity contribution in [2.24, 2.45) is 0 Å². The minimum atomic E-state index is 0.805. The molecule has 0 aromatic carbocycles. The molecule has 0 aliphatic carbocycles. The standard InChI is InChI=1S/C18H21ClN4O/c19-17-12-14(16-13-21-18-15(16)2-1-4-20-18)3-5-23(17)7-6-22-8-10-24-11-9-22/h1-4,12-13H,5-11H2,(H,20,21). The fourth-order valence-corrected chi connectivity index (χ4v) is 3.51. The second-order valence-electron chi connectivity index (χ2n) is 6.13. The van der Waals surface area contributed by atoms with Gasteiger partial charge in [-0.25, -0.2) is 4.98 Å². The maximum absolute atomic E-state index is 6.54. The molecule has 2 aliphatic heterocycles. The number of aromatic nitrogens is 2. The molecule has 1 saturated heterocycles. The van der Waals surface area contributed by atoms with E-state index in [0.717, 1.165) is 73.3 Å². The summed E-state index contributed by atoms with van der Waals surface area (Å²) in [6.07, 6.45) is 8.10. The molecule has 2 aromatic heterocycles. The number of hydrogen-bond acceptors (Lipinski definition) is 4. The molecule has 0 bridgehead atoms. The lowest BCUT2D eigenvalue weighted by Crippen LogP contribution is -2.41. The lowest BCUT2D eigenvalue weighted by Gasteiger charge is -2.31. The molecule has 6 heteroatoms. The van der Waals surface area contributed by atoms with Crippen LogP contribution in [0.1, 0.15) is 5.56 Å². The van der Waals surface area contributed by atoms with Gasteiger partial charge in [0.15, 0.2) is 0 Å². The predicted octanol–water partition coefficient (Wildman–Crippen LogP) is 2.67. The van der Waals surface area contributed by atoms with Crippen LogP contribution in [0.15, 0.2) is 41.8 Å². The van der Waals surface area contributed by atoms with Gasteiger partial charge in [-0.3, -0.25) is 4.90 Å². The number of halogens is 1. The van der Waals surface area contributed by atoms with E-state index >= 15 is 0 Å². The first-order valence-electron chi connectivity index (χ1n) is 8.36. The Hall–Kier alpha value is -1.82. The summed E-state index contributed by atoms with van der Waals surface area (Å²) in [6.45, 7) is 6.49. The first-order valence-corrected chi connectivity index (χ1v) is 8.74. The van der Waals surface area contributed by atoms with Gasteiger partial charge in [0.25, 0.3) is 0 Å². The van der Waals surface area contributed by atoms with Crippen LogP contribution in [0.2, 0.25) is 0 Å². The highest BCUT2D eigenvalue weighted by atomic mass is 35.5. The molecule has 1 fully saturated rings. The number of morpholine rings is 1. The molecule has 2 aromatic rings. The van der Waals surface area contributed by atoms with Crippen LogP contribution in [-0.2, 0) is 4.74 Å². The second-order valence-corrected chi connectivity index (χ2v) is 6.52. The van der Waals surface area contributed by atoms with Gasteiger partial charge in [-0.1, -0.05) is 17.7 Å². The van der Waals surface area contributed by atoms with Crippen LogP contribution in [-0.4, -0.2) is 65.7 Å². The van der Waals surface area contributed by atoms with Crippen LogP contribution in [0.5, 0.6) is 0 Å². The molecule has 4 rings (SSSR count). The maximum atomic E-state index is 6.54. The van der Waals surface area contributed by atoms with E-state index in [1.807, 2.05) is 12.3 Å². The number of fused-ring (bicyclic) bond motifs is 1. The first kappa shape index (κ1) is 15.7. The number of H-pyrrole nitrogens is 1. The fourth-order valence-electron chi connectivity index (χ4n) is 3.24. The number of allylic oxidation sites excluding steroid dienone is 2. The summed E-state index contributed by atoms with van der Waals surface area (Å²) >= 11 is 6.54. The topological polar surface area (TPSA) is 44.4 Å². The Kier molecular flexibility index (Phi) is 4.56. The molecule has 0 spiro atoms. The Labute approximate surface area is 146 Å². The summed E-state index contributed by atoms with van der Waals surface area (Å²) in [7, 11) is 0. The van der Waals surface area contributed by atoms with Crippen LogP contribution in [0, 0.1) is 0 Å². The minimum Gasteiger partial charge on any atom is -0.379 e. The van der Waals surface area contributed by atoms with Crippen molar-refractivity contribution >= 4 is 28.2 Å². The quantitative estimate of drug-likeness (QED) is 0.866. The summed E-state index contributed by atoms with van der Waals surface area (Å²) in [6, 6.07) is 4.05. The lowest BCUT2D eigenvalue weighted by molar-refractivity contribution is 0.0354. The van der Waals surface area contributed by atoms with Gasteiger partial charge in [0.2, 0.25) is 0 Å². The summed E-state index contributed by atoms with van der Waals surface area (Å²) in [4.78, 5) is 12.2. The average molecular weight is 345 g/mol. The van der Waals surface area contributed by atoms with Gasteiger partial charge in [-0.05, 0) is 23.8 Å². The van der Waals surface area contributed by atoms with E-state index < -0.39 is 0 Å². The van der Waals surface area contributed by atoms with Gasteiger partial charge in [0, 0.05) is 56.1 Å². The van der Waals surface area contributed by atoms with E-state index in [2.05, 4.69) is 38.0 Å². The molecule has 1 N–H and O–H groups in total. The third-order valence-electron chi connectivity index (χ3n) is 4.66. The number of nitrogens with zero attached hydrogens (tertiary/aromatic N) is 3. The summed E-state index contributed by atoms with van der Waals surface area (Å²) in [5.74, 6) is 0. The van der Waals surface area contributed by atoms with E-state index in [0.29, 0.717) is 0 Å². The largest absolute Gasteiger partial charge is 0.379 e. The molecule has 24 heavy (non-hydrogen) atoms. The van der Waals surface area contributed by atoms with Crippen molar-refractivity contribution in [3.05, 3.63) is 47.4 Å². The molecular weight excluding hydrogens is 324 g/mol. The van der Waals surface area contributed by atoms with Gasteiger partial charge in [-0.2, -0.15) is 0 Å². The van der Waals surface area contributed by atoms with Crippen LogP contribution in [0.25, 0.3) is 16.6 Å². The van der Waals surface area contributed by atoms with Crippen molar-refractivity contribution in [1.29, 1.82) is 0 Å². The Bertz CT molecular complexity index is 776. The number of nitrogens with one attached hydrogen (secondary N) is 1. The SMILES string of the molecule is ClC1=CC(c2c[nH]c3ncccc23)=CCN1CCN1CCOCC1. The highest BCUT2D eigenvalue weighted by Crippen LogP contribution is 2.29. The summed E-state index contributed by atoms with van der Waals surface area (Å²) in [5.41, 5.74) is 3.22. The van der Waals surface area contributed by atoms with Crippen molar-refractivity contribution in [2.45, 2.75) is 0 Å². The van der Waals surface area contributed by atoms with Crippen LogP contribution in [0.4, 0.5) is 0 Å². The van der Waals surface area contributed by atoms with Gasteiger partial charge >= 0.3 is 0 Å². The zero-order chi connectivity index (χ0) is 16.4. The van der Waals surface area contributed by atoms with E-state index in [1.165, 1.54) is 0 Å². The first-order chi connectivity index (χ1) is 11.8. The van der Waals surface area contributed by atoms with Crippen molar-refractivity contribution in [3.63, 3.8) is 0 Å². The van der Waals surface area contributed by atoms with Gasteiger partial charge in [0.1, 0.15) is 10.8 Å². The summed E-state index contributed by atoms with van der Waals surface area (Å²) in [5, 5.41) is 1.94. The van der Waals surface area contributed by atoms with E-state index in [9.17, 15) is 0 Å². The fraction of sp³-hybridized carbons (Fsp3) is 0.389. The summed E-state index contributed by atoms with van der Waals surface area (Å²) < 4.78 is 5.39. The van der Waals surface area contributed by atoms with E-state index in [4.69, 9.17) is 16.3 Å². The van der Waals surface area contributed by atoms with Crippen molar-refractivity contribution in [1.82, 2.24) is 19.8 Å². The Balaban J connectivity index is 1.44. The predicted molar refractivity (Wildman–Crippen MR) is 96.8 cm³/mol. The van der Waals surface area contributed by atoms with Crippen molar-refractivity contribution in [3.8, 4) is 0 Å². The van der Waals surface area contributed by atoms with E-state index in [1.54, 1.807) is 6.20 Å². The van der Waals surface area contributed by atoms with Crippen LogP contribution in [0.3, 0.4) is 0 Å². The molecule has 0 amide bonds. The number of hydrogen-bond donors (Lipinski definition) is 1. The van der Waals surface area contributed by atoms with Crippen molar-refractivity contribution < 1.29 is 4.74 Å². The Morgan fingerprint density at radius 2 is 2.12 bits per heavy atom. The molecule has 4 heterocycles. The number of aromatic amines is 1. The molecule has 5 nitrogen and oxygen atoms in total. The molecule has 0 radical (unpaired) electrons. The highest BCUT2D eigenvalue weighted by molar-refractivity contribution is 6.30. The highest BCUT2D eigenvalue weighted by Gasteiger charge is 2.17. The zero-order valence-corrected chi connectivity index (χ0v) is 14.3. The molecule has 0 atom stereocenters. The normalized spacial score (nSPS) is 19.5. The Morgan fingerprint density at radius 1 is 1.25 bits per heavy atom. The van der Waals surface area contributed by atoms with E-state index in [-0.39, 0.29) is 0 Å². The molecule has 2 aliphatic rings. The lowest BCUT2D eigenvalue weighted by atomic mass is 10.0. The maximum Gasteiger partial charge on any atom is 0.137 e. The van der Waals surface area contributed by atoms with Crippen LogP contribution >= 0.6 is 11.6 Å². The smallest absolute Gasteiger partial charge is 0.137 e. The van der Waals surface area contributed by atoms with Gasteiger partial charge in [0.05, 0.1) is 13.2 Å².